The fourth-order valence-electron chi connectivity index (χ4n) is 1.67. The van der Waals surface area contributed by atoms with Crippen LogP contribution in [0.4, 0.5) is 0 Å². The van der Waals surface area contributed by atoms with Gasteiger partial charge >= 0.3 is 0 Å². The lowest BCUT2D eigenvalue weighted by Gasteiger charge is -2.31. The van der Waals surface area contributed by atoms with Gasteiger partial charge in [0, 0.05) is 13.1 Å². The van der Waals surface area contributed by atoms with Crippen molar-refractivity contribution in [3.63, 3.8) is 0 Å². The normalized spacial score (nSPS) is 39.0. The molecule has 2 fully saturated rings. The summed E-state index contributed by atoms with van der Waals surface area (Å²) < 4.78 is 5.65. The van der Waals surface area contributed by atoms with Crippen LogP contribution in [0.15, 0.2) is 0 Å². The van der Waals surface area contributed by atoms with Gasteiger partial charge in [-0.3, -0.25) is 0 Å². The molecule has 0 amide bonds. The molecule has 2 aliphatic rings. The van der Waals surface area contributed by atoms with E-state index in [0.717, 1.165) is 32.4 Å². The zero-order chi connectivity index (χ0) is 7.68. The molecule has 0 bridgehead atoms. The maximum atomic E-state index is 9.41. The fourth-order valence-corrected chi connectivity index (χ4v) is 1.67. The topological polar surface area (TPSA) is 41.5 Å². The van der Waals surface area contributed by atoms with Gasteiger partial charge in [0.2, 0.25) is 0 Å². The van der Waals surface area contributed by atoms with Crippen molar-refractivity contribution < 1.29 is 9.84 Å². The largest absolute Gasteiger partial charge is 0.390 e. The highest BCUT2D eigenvalue weighted by molar-refractivity contribution is 4.82. The van der Waals surface area contributed by atoms with E-state index in [2.05, 4.69) is 5.32 Å². The van der Waals surface area contributed by atoms with Gasteiger partial charge in [0.25, 0.3) is 0 Å². The minimum absolute atomic E-state index is 0.127. The van der Waals surface area contributed by atoms with Gasteiger partial charge in [-0.25, -0.2) is 0 Å². The number of aliphatic hydroxyl groups is 1. The summed E-state index contributed by atoms with van der Waals surface area (Å²) in [6.07, 6.45) is 3.37. The Balaban J connectivity index is 1.75. The molecule has 1 saturated heterocycles. The van der Waals surface area contributed by atoms with Crippen LogP contribution in [-0.2, 0) is 4.74 Å². The third kappa shape index (κ3) is 1.55. The molecule has 11 heavy (non-hydrogen) atoms. The second-order valence-electron chi connectivity index (χ2n) is 3.45. The fraction of sp³-hybridized carbons (Fsp3) is 1.00. The van der Waals surface area contributed by atoms with E-state index in [1.165, 1.54) is 0 Å². The first-order chi connectivity index (χ1) is 5.36. The summed E-state index contributed by atoms with van der Waals surface area (Å²) in [6.45, 7) is 1.92. The third-order valence-electron chi connectivity index (χ3n) is 2.53. The molecule has 1 saturated carbocycles. The van der Waals surface area contributed by atoms with Gasteiger partial charge in [0.15, 0.2) is 0 Å². The van der Waals surface area contributed by atoms with Crippen molar-refractivity contribution >= 4 is 0 Å². The zero-order valence-electron chi connectivity index (χ0n) is 6.62. The maximum Gasteiger partial charge on any atom is 0.0839 e. The van der Waals surface area contributed by atoms with Gasteiger partial charge in [0.05, 0.1) is 18.3 Å². The van der Waals surface area contributed by atoms with Crippen LogP contribution in [0.25, 0.3) is 0 Å². The zero-order valence-corrected chi connectivity index (χ0v) is 6.62. The molecular weight excluding hydrogens is 142 g/mol. The molecule has 3 nitrogen and oxygen atoms in total. The summed E-state index contributed by atoms with van der Waals surface area (Å²) in [6, 6.07) is 0. The molecule has 0 aromatic carbocycles. The monoisotopic (exact) mass is 157 g/mol. The Bertz CT molecular complexity index is 136. The SMILES string of the molecule is O[C@@H]1CCC[C@H]1OC1CNC1. The number of aliphatic hydroxyl groups excluding tert-OH is 1. The molecule has 2 N–H and O–H groups in total. The van der Waals surface area contributed by atoms with Crippen LogP contribution >= 0.6 is 0 Å². The van der Waals surface area contributed by atoms with Crippen LogP contribution in [0.5, 0.6) is 0 Å². The number of hydrogen-bond acceptors (Lipinski definition) is 3. The van der Waals surface area contributed by atoms with Crippen LogP contribution < -0.4 is 5.32 Å². The first-order valence-corrected chi connectivity index (χ1v) is 4.40. The number of nitrogens with one attached hydrogen (secondary N) is 1. The predicted molar refractivity (Wildman–Crippen MR) is 41.4 cm³/mol. The molecule has 0 unspecified atom stereocenters. The van der Waals surface area contributed by atoms with Crippen LogP contribution in [0.3, 0.4) is 0 Å². The Morgan fingerprint density at radius 3 is 2.55 bits per heavy atom. The lowest BCUT2D eigenvalue weighted by Crippen LogP contribution is -2.50. The van der Waals surface area contributed by atoms with Crippen molar-refractivity contribution in [1.29, 1.82) is 0 Å². The molecular formula is C8H15NO2. The summed E-state index contributed by atoms with van der Waals surface area (Å²) in [5.74, 6) is 0. The van der Waals surface area contributed by atoms with Gasteiger partial charge < -0.3 is 15.2 Å². The van der Waals surface area contributed by atoms with Crippen molar-refractivity contribution in [3.05, 3.63) is 0 Å². The molecule has 0 radical (unpaired) electrons. The highest BCUT2D eigenvalue weighted by atomic mass is 16.5. The minimum atomic E-state index is -0.199. The Morgan fingerprint density at radius 2 is 2.09 bits per heavy atom. The first kappa shape index (κ1) is 7.53. The summed E-state index contributed by atoms with van der Waals surface area (Å²) >= 11 is 0. The van der Waals surface area contributed by atoms with Crippen LogP contribution in [0.1, 0.15) is 19.3 Å². The molecule has 64 valence electrons. The van der Waals surface area contributed by atoms with Gasteiger partial charge in [-0.15, -0.1) is 0 Å². The lowest BCUT2D eigenvalue weighted by atomic mass is 10.2. The van der Waals surface area contributed by atoms with Crippen LogP contribution in [-0.4, -0.2) is 36.5 Å². The summed E-state index contributed by atoms with van der Waals surface area (Å²) in [4.78, 5) is 0. The molecule has 2 atom stereocenters. The van der Waals surface area contributed by atoms with Gasteiger partial charge in [-0.2, -0.15) is 0 Å². The van der Waals surface area contributed by atoms with E-state index in [1.54, 1.807) is 0 Å². The molecule has 3 heteroatoms. The van der Waals surface area contributed by atoms with E-state index in [-0.39, 0.29) is 12.2 Å². The van der Waals surface area contributed by atoms with E-state index in [9.17, 15) is 5.11 Å². The molecule has 2 rings (SSSR count). The Kier molecular flexibility index (Phi) is 2.11. The second kappa shape index (κ2) is 3.09. The van der Waals surface area contributed by atoms with Gasteiger partial charge in [-0.05, 0) is 19.3 Å². The highest BCUT2D eigenvalue weighted by Gasteiger charge is 2.30. The summed E-state index contributed by atoms with van der Waals surface area (Å²) in [7, 11) is 0. The lowest BCUT2D eigenvalue weighted by molar-refractivity contribution is -0.0784. The van der Waals surface area contributed by atoms with Crippen molar-refractivity contribution in [2.24, 2.45) is 0 Å². The van der Waals surface area contributed by atoms with Crippen molar-refractivity contribution in [3.8, 4) is 0 Å². The molecule has 1 heterocycles. The summed E-state index contributed by atoms with van der Waals surface area (Å²) in [5, 5.41) is 12.6. The third-order valence-corrected chi connectivity index (χ3v) is 2.53. The van der Waals surface area contributed by atoms with E-state index in [4.69, 9.17) is 4.74 Å². The summed E-state index contributed by atoms with van der Waals surface area (Å²) in [5.41, 5.74) is 0. The molecule has 0 spiro atoms. The average molecular weight is 157 g/mol. The molecule has 1 aliphatic heterocycles. The van der Waals surface area contributed by atoms with E-state index in [0.29, 0.717) is 6.10 Å². The number of hydrogen-bond donors (Lipinski definition) is 2. The molecule has 0 aromatic rings. The van der Waals surface area contributed by atoms with Crippen LogP contribution in [0, 0.1) is 0 Å². The van der Waals surface area contributed by atoms with E-state index < -0.39 is 0 Å². The first-order valence-electron chi connectivity index (χ1n) is 4.40. The Hall–Kier alpha value is -0.120. The van der Waals surface area contributed by atoms with Gasteiger partial charge in [0.1, 0.15) is 0 Å². The molecule has 1 aliphatic carbocycles. The highest BCUT2D eigenvalue weighted by Crippen LogP contribution is 2.23. The predicted octanol–water partition coefficient (Wildman–Crippen LogP) is -0.112. The smallest absolute Gasteiger partial charge is 0.0839 e. The van der Waals surface area contributed by atoms with Gasteiger partial charge in [-0.1, -0.05) is 0 Å². The number of rotatable bonds is 2. The van der Waals surface area contributed by atoms with Crippen molar-refractivity contribution in [2.75, 3.05) is 13.1 Å². The minimum Gasteiger partial charge on any atom is -0.390 e. The second-order valence-corrected chi connectivity index (χ2v) is 3.45. The molecule has 0 aromatic heterocycles. The van der Waals surface area contributed by atoms with E-state index >= 15 is 0 Å². The van der Waals surface area contributed by atoms with Crippen molar-refractivity contribution in [2.45, 2.75) is 37.6 Å². The van der Waals surface area contributed by atoms with Crippen molar-refractivity contribution in [1.82, 2.24) is 5.32 Å². The number of ether oxygens (including phenoxy) is 1. The average Bonchev–Trinajstić information content (AvgIpc) is 2.27. The Morgan fingerprint density at radius 1 is 1.27 bits per heavy atom. The Labute approximate surface area is 66.7 Å². The standard InChI is InChI=1S/C8H15NO2/c10-7-2-1-3-8(7)11-6-4-9-5-6/h6-10H,1-5H2/t7-,8-/m1/s1. The van der Waals surface area contributed by atoms with E-state index in [1.807, 2.05) is 0 Å². The maximum absolute atomic E-state index is 9.41. The quantitative estimate of drug-likeness (QED) is 0.587. The van der Waals surface area contributed by atoms with Crippen LogP contribution in [0.2, 0.25) is 0 Å².